The Labute approximate surface area is 102 Å². The summed E-state index contributed by atoms with van der Waals surface area (Å²) in [5.74, 6) is 1.36. The Balaban J connectivity index is 2.06. The largest absolute Gasteiger partial charge is 0.356 e. The first-order chi connectivity index (χ1) is 7.26. The number of nitrogens with zero attached hydrogens (tertiary/aromatic N) is 2. The molecule has 0 radical (unpaired) electrons. The zero-order chi connectivity index (χ0) is 12.1. The molecule has 1 aliphatic carbocycles. The fourth-order valence-electron chi connectivity index (χ4n) is 2.21. The van der Waals surface area contributed by atoms with E-state index in [0.717, 1.165) is 11.0 Å². The van der Waals surface area contributed by atoms with Crippen molar-refractivity contribution in [2.24, 2.45) is 10.8 Å². The standard InChI is InChI=1S/C12H21N3S/c1-7(2)8-13-10(16-15-8)14-9-11(3,4)12(9,5)6/h7,9H,1-6H3,(H,13,14,15). The molecule has 0 saturated heterocycles. The lowest BCUT2D eigenvalue weighted by Crippen LogP contribution is -2.09. The Morgan fingerprint density at radius 3 is 2.12 bits per heavy atom. The number of rotatable bonds is 3. The first kappa shape index (κ1) is 11.8. The molecule has 1 aliphatic rings. The van der Waals surface area contributed by atoms with Gasteiger partial charge in [-0.1, -0.05) is 41.5 Å². The van der Waals surface area contributed by atoms with Crippen molar-refractivity contribution in [3.63, 3.8) is 0 Å². The van der Waals surface area contributed by atoms with Crippen molar-refractivity contribution in [3.05, 3.63) is 5.82 Å². The highest BCUT2D eigenvalue weighted by molar-refractivity contribution is 7.09. The molecule has 3 nitrogen and oxygen atoms in total. The molecule has 1 heterocycles. The van der Waals surface area contributed by atoms with Crippen LogP contribution >= 0.6 is 11.5 Å². The van der Waals surface area contributed by atoms with Crippen molar-refractivity contribution >= 4 is 16.7 Å². The summed E-state index contributed by atoms with van der Waals surface area (Å²) in [6, 6.07) is 0.507. The topological polar surface area (TPSA) is 37.8 Å². The van der Waals surface area contributed by atoms with Gasteiger partial charge in [0, 0.05) is 23.5 Å². The molecule has 0 amide bonds. The molecule has 0 bridgehead atoms. The number of aromatic nitrogens is 2. The highest BCUT2D eigenvalue weighted by Gasteiger charge is 2.65. The molecule has 1 fully saturated rings. The number of hydrogen-bond acceptors (Lipinski definition) is 4. The van der Waals surface area contributed by atoms with Gasteiger partial charge in [-0.15, -0.1) is 0 Å². The predicted octanol–water partition coefficient (Wildman–Crippen LogP) is 3.51. The zero-order valence-corrected chi connectivity index (χ0v) is 11.8. The lowest BCUT2D eigenvalue weighted by atomic mass is 10.0. The second-order valence-electron chi connectivity index (χ2n) is 6.13. The van der Waals surface area contributed by atoms with E-state index in [1.165, 1.54) is 11.5 Å². The minimum atomic E-state index is 0.344. The number of hydrogen-bond donors (Lipinski definition) is 1. The summed E-state index contributed by atoms with van der Waals surface area (Å²) in [5.41, 5.74) is 0.688. The van der Waals surface area contributed by atoms with Gasteiger partial charge < -0.3 is 5.32 Å². The molecule has 1 aromatic heterocycles. The molecule has 2 rings (SSSR count). The highest BCUT2D eigenvalue weighted by atomic mass is 32.1. The van der Waals surface area contributed by atoms with Crippen LogP contribution in [0.1, 0.15) is 53.3 Å². The lowest BCUT2D eigenvalue weighted by Gasteiger charge is -2.02. The van der Waals surface area contributed by atoms with Crippen LogP contribution in [0.3, 0.4) is 0 Å². The molecular formula is C12H21N3S. The summed E-state index contributed by atoms with van der Waals surface area (Å²) in [4.78, 5) is 4.52. The Morgan fingerprint density at radius 2 is 1.75 bits per heavy atom. The predicted molar refractivity (Wildman–Crippen MR) is 69.0 cm³/mol. The molecule has 0 aliphatic heterocycles. The Morgan fingerprint density at radius 1 is 1.19 bits per heavy atom. The van der Waals surface area contributed by atoms with Crippen LogP contribution in [0.4, 0.5) is 5.13 Å². The van der Waals surface area contributed by atoms with Gasteiger partial charge in [0.1, 0.15) is 5.82 Å². The summed E-state index contributed by atoms with van der Waals surface area (Å²) in [6.07, 6.45) is 0. The molecule has 4 heteroatoms. The van der Waals surface area contributed by atoms with Gasteiger partial charge in [0.15, 0.2) is 0 Å². The van der Waals surface area contributed by atoms with E-state index < -0.39 is 0 Å². The van der Waals surface area contributed by atoms with Gasteiger partial charge in [0.2, 0.25) is 5.13 Å². The summed E-state index contributed by atoms with van der Waals surface area (Å²) in [5, 5.41) is 4.48. The minimum absolute atomic E-state index is 0.344. The quantitative estimate of drug-likeness (QED) is 0.877. The van der Waals surface area contributed by atoms with Crippen molar-refractivity contribution in [3.8, 4) is 0 Å². The highest BCUT2D eigenvalue weighted by Crippen LogP contribution is 2.63. The minimum Gasteiger partial charge on any atom is -0.356 e. The van der Waals surface area contributed by atoms with E-state index in [1.54, 1.807) is 0 Å². The summed E-state index contributed by atoms with van der Waals surface area (Å²) in [6.45, 7) is 13.4. The molecule has 0 aromatic carbocycles. The number of anilines is 1. The first-order valence-corrected chi connectivity index (χ1v) is 6.64. The van der Waals surface area contributed by atoms with Crippen LogP contribution in [0.15, 0.2) is 0 Å². The third-order valence-electron chi connectivity index (χ3n) is 4.25. The van der Waals surface area contributed by atoms with E-state index in [2.05, 4.69) is 56.2 Å². The maximum absolute atomic E-state index is 4.52. The molecule has 0 spiro atoms. The van der Waals surface area contributed by atoms with E-state index in [4.69, 9.17) is 0 Å². The van der Waals surface area contributed by atoms with Gasteiger partial charge in [0.25, 0.3) is 0 Å². The molecule has 1 aromatic rings. The van der Waals surface area contributed by atoms with E-state index in [9.17, 15) is 0 Å². The molecule has 1 saturated carbocycles. The average Bonchev–Trinajstić information content (AvgIpc) is 2.60. The Kier molecular flexibility index (Phi) is 2.53. The van der Waals surface area contributed by atoms with Crippen LogP contribution in [0.2, 0.25) is 0 Å². The smallest absolute Gasteiger partial charge is 0.202 e. The van der Waals surface area contributed by atoms with Crippen molar-refractivity contribution < 1.29 is 0 Å². The lowest BCUT2D eigenvalue weighted by molar-refractivity contribution is 0.457. The normalized spacial score (nSPS) is 22.4. The maximum Gasteiger partial charge on any atom is 0.202 e. The van der Waals surface area contributed by atoms with Crippen LogP contribution < -0.4 is 5.32 Å². The summed E-state index contributed by atoms with van der Waals surface area (Å²) in [7, 11) is 0. The summed E-state index contributed by atoms with van der Waals surface area (Å²) < 4.78 is 4.36. The fourth-order valence-corrected chi connectivity index (χ4v) is 2.95. The second-order valence-corrected chi connectivity index (χ2v) is 6.89. The molecule has 16 heavy (non-hydrogen) atoms. The van der Waals surface area contributed by atoms with E-state index in [-0.39, 0.29) is 0 Å². The van der Waals surface area contributed by atoms with Gasteiger partial charge in [-0.25, -0.2) is 4.98 Å². The Bertz CT molecular complexity index is 379. The van der Waals surface area contributed by atoms with Gasteiger partial charge >= 0.3 is 0 Å². The van der Waals surface area contributed by atoms with Crippen molar-refractivity contribution in [2.45, 2.75) is 53.5 Å². The molecule has 90 valence electrons. The van der Waals surface area contributed by atoms with Crippen LogP contribution in [0.5, 0.6) is 0 Å². The second kappa shape index (κ2) is 3.42. The van der Waals surface area contributed by atoms with Gasteiger partial charge in [-0.05, 0) is 10.8 Å². The molecule has 0 atom stereocenters. The SMILES string of the molecule is CC(C)c1nsc(NC2C(C)(C)C2(C)C)n1. The van der Waals surface area contributed by atoms with Crippen LogP contribution in [-0.2, 0) is 0 Å². The third kappa shape index (κ3) is 1.63. The molecule has 0 unspecified atom stereocenters. The summed E-state index contributed by atoms with van der Waals surface area (Å²) >= 11 is 1.48. The molecule has 1 N–H and O–H groups in total. The van der Waals surface area contributed by atoms with Crippen LogP contribution in [0, 0.1) is 10.8 Å². The monoisotopic (exact) mass is 239 g/mol. The van der Waals surface area contributed by atoms with Crippen LogP contribution in [-0.4, -0.2) is 15.4 Å². The molecular weight excluding hydrogens is 218 g/mol. The van der Waals surface area contributed by atoms with Gasteiger partial charge in [-0.2, -0.15) is 4.37 Å². The first-order valence-electron chi connectivity index (χ1n) is 5.87. The van der Waals surface area contributed by atoms with Crippen molar-refractivity contribution in [2.75, 3.05) is 5.32 Å². The number of nitrogens with one attached hydrogen (secondary N) is 1. The average molecular weight is 239 g/mol. The van der Waals surface area contributed by atoms with Gasteiger partial charge in [-0.3, -0.25) is 0 Å². The van der Waals surface area contributed by atoms with Crippen LogP contribution in [0.25, 0.3) is 0 Å². The zero-order valence-electron chi connectivity index (χ0n) is 11.0. The fraction of sp³-hybridized carbons (Fsp3) is 0.833. The van der Waals surface area contributed by atoms with Gasteiger partial charge in [0.05, 0.1) is 0 Å². The maximum atomic E-state index is 4.52. The van der Waals surface area contributed by atoms with Crippen molar-refractivity contribution in [1.29, 1.82) is 0 Å². The van der Waals surface area contributed by atoms with Crippen molar-refractivity contribution in [1.82, 2.24) is 9.36 Å². The third-order valence-corrected chi connectivity index (χ3v) is 4.91. The van der Waals surface area contributed by atoms with E-state index in [1.807, 2.05) is 0 Å². The Hall–Kier alpha value is -0.640. The van der Waals surface area contributed by atoms with E-state index in [0.29, 0.717) is 22.8 Å². The van der Waals surface area contributed by atoms with E-state index >= 15 is 0 Å².